The smallest absolute Gasteiger partial charge is 0.331 e. The minimum Gasteiger partial charge on any atom is -0.438 e. The first-order valence-corrected chi connectivity index (χ1v) is 17.4. The fourth-order valence-corrected chi connectivity index (χ4v) is 17.3. The summed E-state index contributed by atoms with van der Waals surface area (Å²) in [6, 6.07) is 6.71. The molecular weight excluding hydrogens is 380 g/mol. The van der Waals surface area contributed by atoms with Crippen LogP contribution in [0.15, 0.2) is 0 Å². The molecule has 2 saturated heterocycles. The first kappa shape index (κ1) is 22.7. The third-order valence-corrected chi connectivity index (χ3v) is 18.8. The van der Waals surface area contributed by atoms with E-state index in [1.807, 2.05) is 0 Å². The predicted octanol–water partition coefficient (Wildman–Crippen LogP) is 4.67. The molecule has 0 aromatic carbocycles. The maximum Gasteiger partial charge on any atom is 0.331 e. The van der Waals surface area contributed by atoms with E-state index < -0.39 is 26.2 Å². The molecular formula is C18H40O5Si3. The van der Waals surface area contributed by atoms with E-state index >= 15 is 0 Å². The standard InChI is InChI=1S/C18H40O5Si3/c1-5-9-14-25(7-3)15-11-10-12-21-26(8-4,23-24(6-2)22-25)16-13-19-18-17-20-18/h18,24H,5-17H2,1-4H3. The second-order valence-corrected chi connectivity index (χ2v) is 18.6. The van der Waals surface area contributed by atoms with Crippen LogP contribution in [0.25, 0.3) is 0 Å². The van der Waals surface area contributed by atoms with Gasteiger partial charge in [-0.1, -0.05) is 47.0 Å². The number of ether oxygens (including phenoxy) is 2. The zero-order chi connectivity index (χ0) is 18.9. The highest BCUT2D eigenvalue weighted by Gasteiger charge is 2.43. The Labute approximate surface area is 164 Å². The van der Waals surface area contributed by atoms with Crippen molar-refractivity contribution in [3.63, 3.8) is 0 Å². The van der Waals surface area contributed by atoms with Crippen LogP contribution < -0.4 is 0 Å². The predicted molar refractivity (Wildman–Crippen MR) is 112 cm³/mol. The summed E-state index contributed by atoms with van der Waals surface area (Å²) >= 11 is 0. The minimum atomic E-state index is -2.25. The van der Waals surface area contributed by atoms with Crippen molar-refractivity contribution in [2.75, 3.05) is 19.8 Å². The van der Waals surface area contributed by atoms with Gasteiger partial charge in [0.2, 0.25) is 0 Å². The van der Waals surface area contributed by atoms with Gasteiger partial charge in [0.15, 0.2) is 14.6 Å². The van der Waals surface area contributed by atoms with Gasteiger partial charge in [-0.15, -0.1) is 0 Å². The molecule has 2 aliphatic heterocycles. The summed E-state index contributed by atoms with van der Waals surface area (Å²) in [5.41, 5.74) is 0. The van der Waals surface area contributed by atoms with Crippen molar-refractivity contribution in [3.05, 3.63) is 0 Å². The van der Waals surface area contributed by atoms with Crippen molar-refractivity contribution in [1.29, 1.82) is 0 Å². The molecule has 0 aliphatic carbocycles. The van der Waals surface area contributed by atoms with Crippen molar-refractivity contribution in [2.24, 2.45) is 0 Å². The number of unbranched alkanes of at least 4 members (excludes halogenated alkanes) is 1. The van der Waals surface area contributed by atoms with Crippen LogP contribution in [0.3, 0.4) is 0 Å². The summed E-state index contributed by atoms with van der Waals surface area (Å²) in [5, 5.41) is 0. The molecule has 0 saturated carbocycles. The van der Waals surface area contributed by atoms with E-state index in [9.17, 15) is 0 Å². The van der Waals surface area contributed by atoms with Crippen LogP contribution in [0.1, 0.15) is 53.4 Å². The number of epoxide rings is 1. The maximum absolute atomic E-state index is 6.96. The van der Waals surface area contributed by atoms with Crippen molar-refractivity contribution in [1.82, 2.24) is 0 Å². The molecule has 26 heavy (non-hydrogen) atoms. The van der Waals surface area contributed by atoms with E-state index in [4.69, 9.17) is 22.1 Å². The fourth-order valence-electron chi connectivity index (χ4n) is 3.70. The molecule has 4 unspecified atom stereocenters. The Balaban J connectivity index is 2.06. The van der Waals surface area contributed by atoms with E-state index in [1.54, 1.807) is 0 Å². The van der Waals surface area contributed by atoms with Crippen LogP contribution in [0.5, 0.6) is 0 Å². The molecule has 0 spiro atoms. The fraction of sp³-hybridized carbons (Fsp3) is 1.00. The van der Waals surface area contributed by atoms with Crippen molar-refractivity contribution in [3.8, 4) is 0 Å². The summed E-state index contributed by atoms with van der Waals surface area (Å²) in [6.07, 6.45) is 4.95. The lowest BCUT2D eigenvalue weighted by Gasteiger charge is -2.40. The molecule has 0 radical (unpaired) electrons. The Morgan fingerprint density at radius 1 is 1.04 bits per heavy atom. The molecule has 2 rings (SSSR count). The molecule has 0 aromatic rings. The normalized spacial score (nSPS) is 36.0. The van der Waals surface area contributed by atoms with Crippen LogP contribution in [-0.2, 0) is 22.1 Å². The van der Waals surface area contributed by atoms with Crippen LogP contribution in [0.2, 0.25) is 36.3 Å². The second-order valence-electron chi connectivity index (χ2n) is 7.67. The molecule has 2 aliphatic rings. The topological polar surface area (TPSA) is 49.5 Å². The largest absolute Gasteiger partial charge is 0.438 e. The zero-order valence-corrected chi connectivity index (χ0v) is 20.5. The first-order chi connectivity index (χ1) is 12.6. The van der Waals surface area contributed by atoms with Gasteiger partial charge in [-0.2, -0.15) is 0 Å². The van der Waals surface area contributed by atoms with Gasteiger partial charge in [0.05, 0.1) is 6.61 Å². The number of rotatable bonds is 10. The average molecular weight is 421 g/mol. The molecule has 154 valence electrons. The molecule has 5 nitrogen and oxygen atoms in total. The van der Waals surface area contributed by atoms with E-state index in [1.165, 1.54) is 37.4 Å². The zero-order valence-electron chi connectivity index (χ0n) is 17.4. The lowest BCUT2D eigenvalue weighted by molar-refractivity contribution is 0.0545. The van der Waals surface area contributed by atoms with Gasteiger partial charge in [-0.05, 0) is 36.6 Å². The van der Waals surface area contributed by atoms with Gasteiger partial charge in [-0.3, -0.25) is 0 Å². The highest BCUT2D eigenvalue weighted by Crippen LogP contribution is 2.32. The van der Waals surface area contributed by atoms with Crippen LogP contribution in [0.4, 0.5) is 0 Å². The molecule has 8 heteroatoms. The van der Waals surface area contributed by atoms with Gasteiger partial charge in [0, 0.05) is 12.7 Å². The summed E-state index contributed by atoms with van der Waals surface area (Å²) in [4.78, 5) is 0. The molecule has 0 N–H and O–H groups in total. The summed E-state index contributed by atoms with van der Waals surface area (Å²) in [6.45, 7) is 11.3. The molecule has 0 amide bonds. The van der Waals surface area contributed by atoms with E-state index in [-0.39, 0.29) is 6.29 Å². The monoisotopic (exact) mass is 420 g/mol. The third kappa shape index (κ3) is 7.12. The van der Waals surface area contributed by atoms with E-state index in [0.29, 0.717) is 6.61 Å². The second kappa shape index (κ2) is 11.5. The van der Waals surface area contributed by atoms with E-state index in [2.05, 4.69) is 27.7 Å². The average Bonchev–Trinajstić information content (AvgIpc) is 3.49. The molecule has 0 bridgehead atoms. The van der Waals surface area contributed by atoms with Crippen LogP contribution in [-0.4, -0.2) is 52.3 Å². The van der Waals surface area contributed by atoms with Crippen LogP contribution in [0, 0.1) is 0 Å². The molecule has 4 atom stereocenters. The third-order valence-electron chi connectivity index (χ3n) is 5.71. The van der Waals surface area contributed by atoms with Gasteiger partial charge < -0.3 is 22.1 Å². The Kier molecular flexibility index (Phi) is 10.0. The number of hydrogen-bond donors (Lipinski definition) is 0. The lowest BCUT2D eigenvalue weighted by atomic mass is 10.4. The quantitative estimate of drug-likeness (QED) is 0.380. The van der Waals surface area contributed by atoms with E-state index in [0.717, 1.165) is 37.8 Å². The summed E-state index contributed by atoms with van der Waals surface area (Å²) in [5.74, 6) is 0. The SMILES string of the molecule is CCCC[Si]1(CC)CCCCO[Si](CC)(CCOC2CO2)O[SiH](CC)O1. The Morgan fingerprint density at radius 3 is 2.46 bits per heavy atom. The van der Waals surface area contributed by atoms with Gasteiger partial charge >= 0.3 is 17.8 Å². The highest BCUT2D eigenvalue weighted by atomic mass is 28.5. The number of hydrogen-bond acceptors (Lipinski definition) is 5. The Hall–Kier alpha value is 0.451. The summed E-state index contributed by atoms with van der Waals surface area (Å²) in [7, 11) is -5.60. The maximum atomic E-state index is 6.96. The minimum absolute atomic E-state index is 0.0158. The van der Waals surface area contributed by atoms with Crippen molar-refractivity contribution in [2.45, 2.75) is 95.9 Å². The Bertz CT molecular complexity index is 399. The van der Waals surface area contributed by atoms with Crippen molar-refractivity contribution < 1.29 is 22.1 Å². The molecule has 2 fully saturated rings. The highest BCUT2D eigenvalue weighted by molar-refractivity contribution is 6.82. The lowest BCUT2D eigenvalue weighted by Crippen LogP contribution is -2.52. The van der Waals surface area contributed by atoms with Gasteiger partial charge in [0.25, 0.3) is 0 Å². The molecule has 2 heterocycles. The van der Waals surface area contributed by atoms with Crippen LogP contribution >= 0.6 is 0 Å². The first-order valence-electron chi connectivity index (χ1n) is 10.8. The Morgan fingerprint density at radius 2 is 1.85 bits per heavy atom. The van der Waals surface area contributed by atoms with Crippen molar-refractivity contribution >= 4 is 26.2 Å². The van der Waals surface area contributed by atoms with Gasteiger partial charge in [-0.25, -0.2) is 0 Å². The summed E-state index contributed by atoms with van der Waals surface area (Å²) < 4.78 is 31.1. The van der Waals surface area contributed by atoms with Gasteiger partial charge in [0.1, 0.15) is 6.61 Å². The molecule has 0 aromatic heterocycles.